The molecule has 0 fully saturated rings. The Kier molecular flexibility index (Phi) is 9.08. The van der Waals surface area contributed by atoms with Gasteiger partial charge in [0.05, 0.1) is 18.4 Å². The lowest BCUT2D eigenvalue weighted by Crippen LogP contribution is -2.39. The molecule has 3 N–H and O–H groups in total. The molecule has 0 radical (unpaired) electrons. The van der Waals surface area contributed by atoms with Crippen LogP contribution in [0.25, 0.3) is 0 Å². The number of ether oxygens (including phenoxy) is 2. The van der Waals surface area contributed by atoms with Gasteiger partial charge in [0.2, 0.25) is 6.43 Å². The molecule has 0 saturated carbocycles. The minimum atomic E-state index is -2.49. The molecule has 0 unspecified atom stereocenters. The number of nitrogens with zero attached hydrogens (tertiary/aromatic N) is 1. The van der Waals surface area contributed by atoms with Gasteiger partial charge in [0.25, 0.3) is 5.91 Å². The molecule has 1 aliphatic rings. The first-order valence-corrected chi connectivity index (χ1v) is 10.9. The van der Waals surface area contributed by atoms with Crippen LogP contribution in [0.15, 0.2) is 54.0 Å². The number of rotatable bonds is 11. The number of halogens is 2. The quantitative estimate of drug-likeness (QED) is 0.339. The standard InChI is InChI=1S/C23H26F2N4O3S/c1-31-10-11-32-19-14-26-8-6-16(19)13-28-18-7-9-27-22(30)21(18)23(33)29-17-5-3-2-4-15(17)12-20(24)25/h2-6,8,14,20,28H,7,9-13H2,1H3,(H,27,30)(H,29,33). The zero-order valence-corrected chi connectivity index (χ0v) is 19.0. The van der Waals surface area contributed by atoms with E-state index in [0.29, 0.717) is 61.0 Å². The minimum Gasteiger partial charge on any atom is -0.489 e. The number of benzene rings is 1. The Balaban J connectivity index is 1.78. The van der Waals surface area contributed by atoms with Gasteiger partial charge in [0.1, 0.15) is 17.3 Å². The molecule has 2 heterocycles. The van der Waals surface area contributed by atoms with E-state index >= 15 is 0 Å². The smallest absolute Gasteiger partial charge is 0.256 e. The van der Waals surface area contributed by atoms with Gasteiger partial charge in [0.15, 0.2) is 0 Å². The number of carbonyl (C=O) groups is 1. The number of carbonyl (C=O) groups excluding carboxylic acids is 1. The molecule has 2 aromatic rings. The van der Waals surface area contributed by atoms with E-state index in [1.54, 1.807) is 43.8 Å². The Morgan fingerprint density at radius 1 is 1.24 bits per heavy atom. The van der Waals surface area contributed by atoms with Crippen molar-refractivity contribution in [1.29, 1.82) is 0 Å². The van der Waals surface area contributed by atoms with E-state index in [1.165, 1.54) is 0 Å². The van der Waals surface area contributed by atoms with Crippen molar-refractivity contribution in [2.24, 2.45) is 0 Å². The van der Waals surface area contributed by atoms with E-state index < -0.39 is 12.8 Å². The van der Waals surface area contributed by atoms with Crippen LogP contribution in [0.1, 0.15) is 17.5 Å². The van der Waals surface area contributed by atoms with Gasteiger partial charge in [-0.05, 0) is 17.7 Å². The molecule has 0 bridgehead atoms. The number of pyridine rings is 1. The molecule has 0 atom stereocenters. The summed E-state index contributed by atoms with van der Waals surface area (Å²) < 4.78 is 36.6. The van der Waals surface area contributed by atoms with Crippen LogP contribution in [0.3, 0.4) is 0 Å². The highest BCUT2D eigenvalue weighted by atomic mass is 32.1. The van der Waals surface area contributed by atoms with Crippen LogP contribution in [-0.2, 0) is 22.5 Å². The van der Waals surface area contributed by atoms with Crippen molar-refractivity contribution >= 4 is 28.8 Å². The van der Waals surface area contributed by atoms with E-state index in [4.69, 9.17) is 21.7 Å². The Labute approximate surface area is 196 Å². The Hall–Kier alpha value is -3.11. The summed E-state index contributed by atoms with van der Waals surface area (Å²) in [6.07, 6.45) is 0.941. The molecular formula is C23H26F2N4O3S. The predicted molar refractivity (Wildman–Crippen MR) is 125 cm³/mol. The first-order valence-electron chi connectivity index (χ1n) is 10.5. The number of alkyl halides is 2. The summed E-state index contributed by atoms with van der Waals surface area (Å²) in [5.41, 5.74) is 2.70. The number of para-hydroxylation sites is 1. The van der Waals surface area contributed by atoms with Gasteiger partial charge >= 0.3 is 0 Å². The van der Waals surface area contributed by atoms with Gasteiger partial charge in [-0.3, -0.25) is 9.78 Å². The molecule has 1 aromatic heterocycles. The van der Waals surface area contributed by atoms with Gasteiger partial charge < -0.3 is 25.4 Å². The fourth-order valence-corrected chi connectivity index (χ4v) is 3.69. The Morgan fingerprint density at radius 2 is 2.06 bits per heavy atom. The molecule has 7 nitrogen and oxygen atoms in total. The van der Waals surface area contributed by atoms with E-state index in [9.17, 15) is 13.6 Å². The zero-order valence-electron chi connectivity index (χ0n) is 18.2. The predicted octanol–water partition coefficient (Wildman–Crippen LogP) is 3.22. The summed E-state index contributed by atoms with van der Waals surface area (Å²) >= 11 is 5.50. The molecule has 10 heteroatoms. The Morgan fingerprint density at radius 3 is 2.85 bits per heavy atom. The van der Waals surface area contributed by atoms with E-state index in [2.05, 4.69) is 20.9 Å². The van der Waals surface area contributed by atoms with Crippen LogP contribution < -0.4 is 20.7 Å². The molecule has 3 rings (SSSR count). The van der Waals surface area contributed by atoms with Crippen LogP contribution in [0.5, 0.6) is 5.75 Å². The molecule has 1 amide bonds. The van der Waals surface area contributed by atoms with E-state index in [-0.39, 0.29) is 10.9 Å². The second kappa shape index (κ2) is 12.2. The lowest BCUT2D eigenvalue weighted by atomic mass is 10.0. The topological polar surface area (TPSA) is 84.5 Å². The number of thiocarbonyl (C=S) groups is 1. The number of hydrogen-bond acceptors (Lipinski definition) is 6. The first-order chi connectivity index (χ1) is 16.0. The third-order valence-electron chi connectivity index (χ3n) is 4.96. The number of amides is 1. The van der Waals surface area contributed by atoms with Crippen LogP contribution in [-0.4, -0.2) is 49.2 Å². The van der Waals surface area contributed by atoms with Gasteiger partial charge in [-0.1, -0.05) is 30.4 Å². The summed E-state index contributed by atoms with van der Waals surface area (Å²) in [5, 5.41) is 9.06. The molecule has 0 aliphatic carbocycles. The zero-order chi connectivity index (χ0) is 23.6. The number of aromatic nitrogens is 1. The first kappa shape index (κ1) is 24.5. The summed E-state index contributed by atoms with van der Waals surface area (Å²) in [5.74, 6) is 0.296. The molecule has 33 heavy (non-hydrogen) atoms. The number of hydrogen-bond donors (Lipinski definition) is 3. The van der Waals surface area contributed by atoms with E-state index in [1.807, 2.05) is 6.07 Å². The summed E-state index contributed by atoms with van der Waals surface area (Å²) in [6, 6.07) is 8.52. The van der Waals surface area contributed by atoms with Crippen LogP contribution in [0.4, 0.5) is 14.5 Å². The maximum absolute atomic E-state index is 12.9. The highest BCUT2D eigenvalue weighted by Crippen LogP contribution is 2.22. The average Bonchev–Trinajstić information content (AvgIpc) is 2.79. The highest BCUT2D eigenvalue weighted by Gasteiger charge is 2.25. The van der Waals surface area contributed by atoms with Crippen LogP contribution in [0.2, 0.25) is 0 Å². The van der Waals surface area contributed by atoms with Gasteiger partial charge in [0, 0.05) is 56.2 Å². The second-order valence-electron chi connectivity index (χ2n) is 7.24. The summed E-state index contributed by atoms with van der Waals surface area (Å²) in [7, 11) is 1.60. The second-order valence-corrected chi connectivity index (χ2v) is 7.65. The van der Waals surface area contributed by atoms with Crippen LogP contribution in [0, 0.1) is 0 Å². The SMILES string of the molecule is COCCOc1cnccc1CNC1=C(C(=S)Nc2ccccc2CC(F)F)C(=O)NCC1. The van der Waals surface area contributed by atoms with Crippen molar-refractivity contribution < 1.29 is 23.0 Å². The summed E-state index contributed by atoms with van der Waals surface area (Å²) in [4.78, 5) is 16.9. The fourth-order valence-electron chi connectivity index (χ4n) is 3.36. The molecular weight excluding hydrogens is 450 g/mol. The molecule has 0 spiro atoms. The molecule has 176 valence electrons. The third kappa shape index (κ3) is 6.93. The van der Waals surface area contributed by atoms with Crippen LogP contribution >= 0.6 is 12.2 Å². The largest absolute Gasteiger partial charge is 0.489 e. The lowest BCUT2D eigenvalue weighted by Gasteiger charge is -2.24. The maximum Gasteiger partial charge on any atom is 0.256 e. The normalized spacial score (nSPS) is 13.6. The highest BCUT2D eigenvalue weighted by molar-refractivity contribution is 7.81. The van der Waals surface area contributed by atoms with Gasteiger partial charge in [-0.15, -0.1) is 0 Å². The third-order valence-corrected chi connectivity index (χ3v) is 5.27. The fraction of sp³-hybridized carbons (Fsp3) is 0.348. The minimum absolute atomic E-state index is 0.169. The van der Waals surface area contributed by atoms with Gasteiger partial charge in [-0.25, -0.2) is 8.78 Å². The molecule has 1 aliphatic heterocycles. The lowest BCUT2D eigenvalue weighted by molar-refractivity contribution is -0.117. The van der Waals surface area contributed by atoms with Crippen molar-refractivity contribution in [3.63, 3.8) is 0 Å². The van der Waals surface area contributed by atoms with E-state index in [0.717, 1.165) is 5.56 Å². The van der Waals surface area contributed by atoms with Crippen molar-refractivity contribution in [2.75, 3.05) is 32.2 Å². The van der Waals surface area contributed by atoms with Crippen molar-refractivity contribution in [3.8, 4) is 5.75 Å². The van der Waals surface area contributed by atoms with Crippen molar-refractivity contribution in [1.82, 2.24) is 15.6 Å². The number of methoxy groups -OCH3 is 1. The van der Waals surface area contributed by atoms with Crippen molar-refractivity contribution in [3.05, 3.63) is 65.1 Å². The molecule has 0 saturated heterocycles. The monoisotopic (exact) mass is 476 g/mol. The number of nitrogens with one attached hydrogen (secondary N) is 3. The average molecular weight is 477 g/mol. The maximum atomic E-state index is 12.9. The Bertz CT molecular complexity index is 1020. The number of anilines is 1. The summed E-state index contributed by atoms with van der Waals surface area (Å²) in [6.45, 7) is 1.69. The van der Waals surface area contributed by atoms with Crippen molar-refractivity contribution in [2.45, 2.75) is 25.8 Å². The van der Waals surface area contributed by atoms with Gasteiger partial charge in [-0.2, -0.15) is 0 Å². The molecule has 1 aromatic carbocycles.